The zero-order valence-electron chi connectivity index (χ0n) is 25.1. The van der Waals surface area contributed by atoms with Crippen LogP contribution in [0.2, 0.25) is 0 Å². The fourth-order valence-electron chi connectivity index (χ4n) is 6.88. The summed E-state index contributed by atoms with van der Waals surface area (Å²) in [6.07, 6.45) is 4.61. The summed E-state index contributed by atoms with van der Waals surface area (Å²) >= 11 is 0. The van der Waals surface area contributed by atoms with Crippen LogP contribution in [0, 0.1) is 5.92 Å². The summed E-state index contributed by atoms with van der Waals surface area (Å²) in [5.74, 6) is 0.996. The molecule has 1 heterocycles. The Kier molecular flexibility index (Phi) is 10.3. The maximum Gasteiger partial charge on any atom is 0.410 e. The van der Waals surface area contributed by atoms with Crippen molar-refractivity contribution in [3.63, 3.8) is 0 Å². The van der Waals surface area contributed by atoms with Gasteiger partial charge >= 0.3 is 6.09 Å². The van der Waals surface area contributed by atoms with E-state index in [0.717, 1.165) is 69.4 Å². The molecule has 0 bridgehead atoms. The van der Waals surface area contributed by atoms with E-state index in [9.17, 15) is 9.59 Å². The highest BCUT2D eigenvalue weighted by Gasteiger charge is 2.40. The molecule has 2 amide bonds. The molecule has 1 aliphatic carbocycles. The second kappa shape index (κ2) is 14.5. The lowest BCUT2D eigenvalue weighted by Crippen LogP contribution is -2.48. The third-order valence-electron chi connectivity index (χ3n) is 9.18. The number of carbonyl (C=O) groups is 2. The predicted octanol–water partition coefficient (Wildman–Crippen LogP) is 6.83. The Labute approximate surface area is 251 Å². The van der Waals surface area contributed by atoms with E-state index in [2.05, 4.69) is 42.2 Å². The second-order valence-corrected chi connectivity index (χ2v) is 11.9. The molecule has 2 aliphatic rings. The SMILES string of the molecule is CCCN(C(=O)OCc1ccccc1)C1CCN(CC2CC(N(C)C(=O)c3ccccc3)CC2c2ccccc2)CC1. The van der Waals surface area contributed by atoms with Gasteiger partial charge in [0.05, 0.1) is 0 Å². The Hall–Kier alpha value is -3.64. The van der Waals surface area contributed by atoms with Crippen LogP contribution in [0.15, 0.2) is 91.0 Å². The first-order valence-electron chi connectivity index (χ1n) is 15.6. The van der Waals surface area contributed by atoms with E-state index >= 15 is 0 Å². The minimum Gasteiger partial charge on any atom is -0.445 e. The van der Waals surface area contributed by atoms with Crippen molar-refractivity contribution in [3.8, 4) is 0 Å². The number of amides is 2. The molecule has 3 unspecified atom stereocenters. The minimum atomic E-state index is -0.201. The van der Waals surface area contributed by atoms with E-state index in [1.165, 1.54) is 5.56 Å². The highest BCUT2D eigenvalue weighted by Crippen LogP contribution is 2.42. The Morgan fingerprint density at radius 1 is 0.833 bits per heavy atom. The fourth-order valence-corrected chi connectivity index (χ4v) is 6.88. The molecule has 5 rings (SSSR count). The number of carbonyl (C=O) groups excluding carboxylic acids is 2. The van der Waals surface area contributed by atoms with E-state index in [1.807, 2.05) is 77.5 Å². The van der Waals surface area contributed by atoms with Crippen molar-refractivity contribution in [1.82, 2.24) is 14.7 Å². The molecular weight excluding hydrogens is 522 g/mol. The van der Waals surface area contributed by atoms with Crippen LogP contribution < -0.4 is 0 Å². The van der Waals surface area contributed by atoms with Crippen LogP contribution >= 0.6 is 0 Å². The average molecular weight is 568 g/mol. The average Bonchev–Trinajstić information content (AvgIpc) is 3.47. The second-order valence-electron chi connectivity index (χ2n) is 11.9. The Morgan fingerprint density at radius 2 is 1.45 bits per heavy atom. The number of nitrogens with zero attached hydrogens (tertiary/aromatic N) is 3. The number of benzene rings is 3. The van der Waals surface area contributed by atoms with Gasteiger partial charge in [0.15, 0.2) is 0 Å². The van der Waals surface area contributed by atoms with Crippen molar-refractivity contribution in [1.29, 1.82) is 0 Å². The monoisotopic (exact) mass is 567 g/mol. The Morgan fingerprint density at radius 3 is 2.10 bits per heavy atom. The van der Waals surface area contributed by atoms with E-state index < -0.39 is 0 Å². The number of ether oxygens (including phenoxy) is 1. The standard InChI is InChI=1S/C36H45N3O3/c1-3-21-39(36(41)42-27-28-13-7-4-8-14-28)32-19-22-38(23-20-32)26-31-24-33(25-34(31)29-15-9-5-10-16-29)37(2)35(40)30-17-11-6-12-18-30/h4-18,31-34H,3,19-27H2,1-2H3. The quantitative estimate of drug-likeness (QED) is 0.269. The molecule has 3 aromatic carbocycles. The van der Waals surface area contributed by atoms with Gasteiger partial charge in [0, 0.05) is 50.9 Å². The first kappa shape index (κ1) is 29.8. The summed E-state index contributed by atoms with van der Waals surface area (Å²) in [6, 6.07) is 30.8. The molecule has 2 fully saturated rings. The first-order valence-corrected chi connectivity index (χ1v) is 15.6. The summed E-state index contributed by atoms with van der Waals surface area (Å²) in [5, 5.41) is 0. The fraction of sp³-hybridized carbons (Fsp3) is 0.444. The topological polar surface area (TPSA) is 53.1 Å². The Bertz CT molecular complexity index is 1260. The number of hydrogen-bond donors (Lipinski definition) is 0. The van der Waals surface area contributed by atoms with Crippen LogP contribution in [-0.4, -0.2) is 72.0 Å². The van der Waals surface area contributed by atoms with E-state index in [1.54, 1.807) is 0 Å². The van der Waals surface area contributed by atoms with Gasteiger partial charge < -0.3 is 19.4 Å². The molecular formula is C36H45N3O3. The molecule has 6 nitrogen and oxygen atoms in total. The van der Waals surface area contributed by atoms with Crippen molar-refractivity contribution < 1.29 is 14.3 Å². The lowest BCUT2D eigenvalue weighted by atomic mass is 9.88. The van der Waals surface area contributed by atoms with Crippen molar-refractivity contribution >= 4 is 12.0 Å². The van der Waals surface area contributed by atoms with Crippen molar-refractivity contribution in [3.05, 3.63) is 108 Å². The van der Waals surface area contributed by atoms with Crippen molar-refractivity contribution in [2.45, 2.75) is 63.6 Å². The van der Waals surface area contributed by atoms with Gasteiger partial charge in [0.25, 0.3) is 5.91 Å². The summed E-state index contributed by atoms with van der Waals surface area (Å²) in [7, 11) is 1.97. The molecule has 42 heavy (non-hydrogen) atoms. The molecule has 6 heteroatoms. The van der Waals surface area contributed by atoms with Gasteiger partial charge in [-0.05, 0) is 67.2 Å². The number of hydrogen-bond acceptors (Lipinski definition) is 4. The maximum absolute atomic E-state index is 13.3. The summed E-state index contributed by atoms with van der Waals surface area (Å²) < 4.78 is 5.72. The third kappa shape index (κ3) is 7.40. The Balaban J connectivity index is 1.20. The molecule has 3 aromatic rings. The summed E-state index contributed by atoms with van der Waals surface area (Å²) in [5.41, 5.74) is 3.13. The largest absolute Gasteiger partial charge is 0.445 e. The van der Waals surface area contributed by atoms with Gasteiger partial charge in [-0.2, -0.15) is 0 Å². The molecule has 0 radical (unpaired) electrons. The lowest BCUT2D eigenvalue weighted by molar-refractivity contribution is 0.0572. The van der Waals surface area contributed by atoms with Gasteiger partial charge in [-0.1, -0.05) is 85.8 Å². The zero-order chi connectivity index (χ0) is 29.3. The molecule has 0 N–H and O–H groups in total. The van der Waals surface area contributed by atoms with Crippen molar-refractivity contribution in [2.24, 2.45) is 5.92 Å². The van der Waals surface area contributed by atoms with E-state index in [4.69, 9.17) is 4.74 Å². The molecule has 1 aliphatic heterocycles. The van der Waals surface area contributed by atoms with Gasteiger partial charge in [-0.15, -0.1) is 0 Å². The maximum atomic E-state index is 13.3. The van der Waals surface area contributed by atoms with Crippen LogP contribution in [0.25, 0.3) is 0 Å². The molecule has 0 aromatic heterocycles. The number of piperidine rings is 1. The summed E-state index contributed by atoms with van der Waals surface area (Å²) in [4.78, 5) is 32.9. The first-order chi connectivity index (χ1) is 20.5. The van der Waals surface area contributed by atoms with Crippen LogP contribution in [0.5, 0.6) is 0 Å². The van der Waals surface area contributed by atoms with Gasteiger partial charge in [0.2, 0.25) is 0 Å². The van der Waals surface area contributed by atoms with Gasteiger partial charge in [-0.25, -0.2) is 4.79 Å². The minimum absolute atomic E-state index is 0.101. The van der Waals surface area contributed by atoms with Crippen LogP contribution in [-0.2, 0) is 11.3 Å². The molecule has 222 valence electrons. The van der Waals surface area contributed by atoms with Gasteiger partial charge in [-0.3, -0.25) is 4.79 Å². The van der Waals surface area contributed by atoms with Crippen molar-refractivity contribution in [2.75, 3.05) is 33.2 Å². The molecule has 3 atom stereocenters. The van der Waals surface area contributed by atoms with E-state index in [-0.39, 0.29) is 24.1 Å². The zero-order valence-corrected chi connectivity index (χ0v) is 25.1. The van der Waals surface area contributed by atoms with E-state index in [0.29, 0.717) is 18.4 Å². The molecule has 1 saturated carbocycles. The number of likely N-dealkylation sites (tertiary alicyclic amines) is 1. The highest BCUT2D eigenvalue weighted by molar-refractivity contribution is 5.94. The highest BCUT2D eigenvalue weighted by atomic mass is 16.6. The van der Waals surface area contributed by atoms with Crippen LogP contribution in [0.4, 0.5) is 4.79 Å². The van der Waals surface area contributed by atoms with Crippen LogP contribution in [0.1, 0.15) is 66.4 Å². The smallest absolute Gasteiger partial charge is 0.410 e. The van der Waals surface area contributed by atoms with Gasteiger partial charge in [0.1, 0.15) is 6.61 Å². The van der Waals surface area contributed by atoms with Crippen LogP contribution in [0.3, 0.4) is 0 Å². The number of rotatable bonds is 10. The third-order valence-corrected chi connectivity index (χ3v) is 9.18. The lowest BCUT2D eigenvalue weighted by Gasteiger charge is -2.39. The summed E-state index contributed by atoms with van der Waals surface area (Å²) in [6.45, 7) is 6.11. The normalized spacial score (nSPS) is 21.1. The molecule has 0 spiro atoms. The molecule has 1 saturated heterocycles. The predicted molar refractivity (Wildman–Crippen MR) is 167 cm³/mol.